The Bertz CT molecular complexity index is 487. The van der Waals surface area contributed by atoms with Crippen molar-refractivity contribution in [1.82, 2.24) is 9.78 Å². The predicted octanol–water partition coefficient (Wildman–Crippen LogP) is 2.49. The van der Waals surface area contributed by atoms with Gasteiger partial charge in [0.1, 0.15) is 5.69 Å². The molecule has 15 heavy (non-hydrogen) atoms. The molecule has 0 unspecified atom stereocenters. The van der Waals surface area contributed by atoms with Crippen molar-refractivity contribution in [2.75, 3.05) is 0 Å². The number of halogens is 1. The number of aryl methyl sites for hydroxylation is 1. The van der Waals surface area contributed by atoms with Crippen LogP contribution in [0.4, 0.5) is 0 Å². The lowest BCUT2D eigenvalue weighted by molar-refractivity contribution is 0.102. The fourth-order valence-corrected chi connectivity index (χ4v) is 1.79. The second-order valence-electron chi connectivity index (χ2n) is 2.97. The zero-order valence-electron chi connectivity index (χ0n) is 8.11. The third-order valence-electron chi connectivity index (χ3n) is 2.11. The third-order valence-corrected chi connectivity index (χ3v) is 2.73. The van der Waals surface area contributed by atoms with Crippen LogP contribution in [0.2, 0.25) is 0 Å². The number of nitrogens with zero attached hydrogens (tertiary/aromatic N) is 2. The summed E-state index contributed by atoms with van der Waals surface area (Å²) in [6.45, 7) is 2.61. The summed E-state index contributed by atoms with van der Waals surface area (Å²) in [4.78, 5) is 12.0. The molecular formula is C10H9BrN2O2. The topological polar surface area (TPSA) is 48.0 Å². The van der Waals surface area contributed by atoms with Crippen LogP contribution in [0.15, 0.2) is 33.7 Å². The molecule has 2 rings (SSSR count). The summed E-state index contributed by atoms with van der Waals surface area (Å²) >= 11 is 3.18. The molecule has 0 saturated carbocycles. The number of ketones is 1. The zero-order valence-corrected chi connectivity index (χ0v) is 9.69. The molecule has 5 heteroatoms. The van der Waals surface area contributed by atoms with Crippen molar-refractivity contribution in [3.63, 3.8) is 0 Å². The highest BCUT2D eigenvalue weighted by Crippen LogP contribution is 2.20. The molecule has 0 aliphatic heterocycles. The summed E-state index contributed by atoms with van der Waals surface area (Å²) in [6, 6.07) is 3.34. The van der Waals surface area contributed by atoms with E-state index >= 15 is 0 Å². The number of carbonyl (C=O) groups excluding carboxylic acids is 1. The second-order valence-corrected chi connectivity index (χ2v) is 3.69. The normalized spacial score (nSPS) is 10.5. The maximum Gasteiger partial charge on any atom is 0.215 e. The number of carbonyl (C=O) groups is 1. The average molecular weight is 269 g/mol. The predicted molar refractivity (Wildman–Crippen MR) is 57.7 cm³/mol. The van der Waals surface area contributed by atoms with Crippen molar-refractivity contribution in [1.29, 1.82) is 0 Å². The van der Waals surface area contributed by atoms with Crippen LogP contribution in [-0.2, 0) is 6.54 Å². The molecule has 2 heterocycles. The lowest BCUT2D eigenvalue weighted by Crippen LogP contribution is -2.10. The fraction of sp³-hybridized carbons (Fsp3) is 0.200. The number of aromatic nitrogens is 2. The lowest BCUT2D eigenvalue weighted by Gasteiger charge is -2.01. The molecule has 4 nitrogen and oxygen atoms in total. The van der Waals surface area contributed by atoms with E-state index in [2.05, 4.69) is 21.0 Å². The Balaban J connectivity index is 2.41. The van der Waals surface area contributed by atoms with Crippen LogP contribution in [0.3, 0.4) is 0 Å². The van der Waals surface area contributed by atoms with Crippen molar-refractivity contribution in [2.45, 2.75) is 13.5 Å². The molecule has 0 spiro atoms. The number of rotatable bonds is 3. The highest BCUT2D eigenvalue weighted by molar-refractivity contribution is 9.10. The van der Waals surface area contributed by atoms with Gasteiger partial charge < -0.3 is 4.42 Å². The van der Waals surface area contributed by atoms with Gasteiger partial charge >= 0.3 is 0 Å². The Labute approximate surface area is 95.0 Å². The minimum atomic E-state index is -0.0880. The zero-order chi connectivity index (χ0) is 10.8. The largest absolute Gasteiger partial charge is 0.457 e. The van der Waals surface area contributed by atoms with Crippen LogP contribution in [0, 0.1) is 0 Å². The van der Waals surface area contributed by atoms with Gasteiger partial charge in [0.05, 0.1) is 11.8 Å². The molecule has 0 N–H and O–H groups in total. The van der Waals surface area contributed by atoms with E-state index in [1.807, 2.05) is 6.92 Å². The van der Waals surface area contributed by atoms with Gasteiger partial charge in [0, 0.05) is 12.7 Å². The highest BCUT2D eigenvalue weighted by Gasteiger charge is 2.17. The van der Waals surface area contributed by atoms with Gasteiger partial charge in [0.15, 0.2) is 4.67 Å². The molecular weight excluding hydrogens is 260 g/mol. The second kappa shape index (κ2) is 4.02. The van der Waals surface area contributed by atoms with Gasteiger partial charge in [0.2, 0.25) is 5.78 Å². The molecule has 0 aromatic carbocycles. The van der Waals surface area contributed by atoms with E-state index in [4.69, 9.17) is 4.42 Å². The van der Waals surface area contributed by atoms with Crippen LogP contribution in [0.25, 0.3) is 0 Å². The first kappa shape index (κ1) is 10.2. The molecule has 0 fully saturated rings. The van der Waals surface area contributed by atoms with Crippen molar-refractivity contribution >= 4 is 21.7 Å². The quantitative estimate of drug-likeness (QED) is 0.804. The maximum atomic E-state index is 12.0. The standard InChI is InChI=1S/C10H9BrN2O2/c1-2-13-8(3-5-12-13)9(14)7-4-6-15-10(7)11/h3-6H,2H2,1H3. The molecule has 0 bridgehead atoms. The van der Waals surface area contributed by atoms with Gasteiger partial charge in [-0.2, -0.15) is 5.10 Å². The fourth-order valence-electron chi connectivity index (χ4n) is 1.37. The number of furan rings is 1. The first-order valence-electron chi connectivity index (χ1n) is 4.53. The summed E-state index contributed by atoms with van der Waals surface area (Å²) in [7, 11) is 0. The molecule has 2 aromatic rings. The number of hydrogen-bond donors (Lipinski definition) is 0. The van der Waals surface area contributed by atoms with Gasteiger partial charge in [-0.15, -0.1) is 0 Å². The van der Waals surface area contributed by atoms with Crippen molar-refractivity contribution in [3.05, 3.63) is 40.5 Å². The van der Waals surface area contributed by atoms with Gasteiger partial charge in [-0.3, -0.25) is 9.48 Å². The van der Waals surface area contributed by atoms with Gasteiger partial charge in [-0.05, 0) is 35.0 Å². The van der Waals surface area contributed by atoms with E-state index in [9.17, 15) is 4.79 Å². The van der Waals surface area contributed by atoms with Crippen LogP contribution >= 0.6 is 15.9 Å². The Kier molecular flexibility index (Phi) is 2.73. The first-order chi connectivity index (χ1) is 7.24. The van der Waals surface area contributed by atoms with E-state index in [1.54, 1.807) is 23.0 Å². The maximum absolute atomic E-state index is 12.0. The average Bonchev–Trinajstić information content (AvgIpc) is 2.84. The first-order valence-corrected chi connectivity index (χ1v) is 5.33. The van der Waals surface area contributed by atoms with Crippen LogP contribution in [0.5, 0.6) is 0 Å². The van der Waals surface area contributed by atoms with Gasteiger partial charge in [-0.1, -0.05) is 0 Å². The van der Waals surface area contributed by atoms with Crippen LogP contribution in [-0.4, -0.2) is 15.6 Å². The van der Waals surface area contributed by atoms with E-state index in [0.717, 1.165) is 0 Å². The SMILES string of the molecule is CCn1nccc1C(=O)c1ccoc1Br. The Morgan fingerprint density at radius 3 is 3.00 bits per heavy atom. The lowest BCUT2D eigenvalue weighted by atomic mass is 10.1. The Morgan fingerprint density at radius 1 is 1.60 bits per heavy atom. The minimum absolute atomic E-state index is 0.0880. The Morgan fingerprint density at radius 2 is 2.40 bits per heavy atom. The highest BCUT2D eigenvalue weighted by atomic mass is 79.9. The van der Waals surface area contributed by atoms with E-state index in [-0.39, 0.29) is 5.78 Å². The summed E-state index contributed by atoms with van der Waals surface area (Å²) in [5.74, 6) is -0.0880. The third kappa shape index (κ3) is 1.74. The van der Waals surface area contributed by atoms with Crippen LogP contribution in [0.1, 0.15) is 23.0 Å². The molecule has 78 valence electrons. The van der Waals surface area contributed by atoms with Crippen molar-refractivity contribution < 1.29 is 9.21 Å². The summed E-state index contributed by atoms with van der Waals surface area (Å²) in [5, 5.41) is 4.05. The number of hydrogen-bond acceptors (Lipinski definition) is 3. The molecule has 0 atom stereocenters. The summed E-state index contributed by atoms with van der Waals surface area (Å²) in [5.41, 5.74) is 1.09. The molecule has 0 aliphatic rings. The monoisotopic (exact) mass is 268 g/mol. The molecule has 0 aliphatic carbocycles. The molecule has 0 radical (unpaired) electrons. The van der Waals surface area contributed by atoms with Gasteiger partial charge in [0.25, 0.3) is 0 Å². The summed E-state index contributed by atoms with van der Waals surface area (Å²) in [6.07, 6.45) is 3.09. The Hall–Kier alpha value is -1.36. The molecule has 0 amide bonds. The van der Waals surface area contributed by atoms with Crippen molar-refractivity contribution in [3.8, 4) is 0 Å². The van der Waals surface area contributed by atoms with E-state index in [1.165, 1.54) is 6.26 Å². The van der Waals surface area contributed by atoms with Crippen molar-refractivity contribution in [2.24, 2.45) is 0 Å². The van der Waals surface area contributed by atoms with Gasteiger partial charge in [-0.25, -0.2) is 0 Å². The summed E-state index contributed by atoms with van der Waals surface area (Å²) < 4.78 is 7.13. The van der Waals surface area contributed by atoms with E-state index < -0.39 is 0 Å². The smallest absolute Gasteiger partial charge is 0.215 e. The van der Waals surface area contributed by atoms with E-state index in [0.29, 0.717) is 22.5 Å². The molecule has 0 saturated heterocycles. The minimum Gasteiger partial charge on any atom is -0.457 e. The van der Waals surface area contributed by atoms with Crippen LogP contribution < -0.4 is 0 Å². The molecule has 2 aromatic heterocycles.